The first-order valence-electron chi connectivity index (χ1n) is 10.1. The summed E-state index contributed by atoms with van der Waals surface area (Å²) in [7, 11) is 0.241. The van der Waals surface area contributed by atoms with E-state index in [0.29, 0.717) is 0 Å². The third kappa shape index (κ3) is 4.80. The van der Waals surface area contributed by atoms with Gasteiger partial charge in [-0.15, -0.1) is 0 Å². The predicted molar refractivity (Wildman–Crippen MR) is 130 cm³/mol. The fourth-order valence-electron chi connectivity index (χ4n) is 3.48. The monoisotopic (exact) mass is 440 g/mol. The predicted octanol–water partition coefficient (Wildman–Crippen LogP) is 2.63. The zero-order chi connectivity index (χ0) is 21.5. The fraction of sp³-hybridized carbons (Fsp3) is 0.0769. The van der Waals surface area contributed by atoms with Gasteiger partial charge in [0, 0.05) is 10.4 Å². The summed E-state index contributed by atoms with van der Waals surface area (Å²) in [6, 6.07) is 37.3. The lowest BCUT2D eigenvalue weighted by Gasteiger charge is -2.25. The molecule has 154 valence electrons. The standard InChI is InChI=1S/C26H24O3Si2/c1-27-23-17-9-11-19-25(23)30(21-13-5-3-6-14-21)29-31(22-15-7-4-8-16-22)26-20-12-10-18-24(26)28-2/h3-20H,1-2H3. The summed E-state index contributed by atoms with van der Waals surface area (Å²) in [5.41, 5.74) is 0. The van der Waals surface area contributed by atoms with Gasteiger partial charge in [0.25, 0.3) is 18.1 Å². The molecular weight excluding hydrogens is 416 g/mol. The van der Waals surface area contributed by atoms with E-state index in [9.17, 15) is 0 Å². The largest absolute Gasteiger partial charge is 0.497 e. The fourth-order valence-corrected chi connectivity index (χ4v) is 9.05. The van der Waals surface area contributed by atoms with Crippen LogP contribution in [-0.2, 0) is 4.12 Å². The molecule has 4 aromatic carbocycles. The molecule has 2 radical (unpaired) electrons. The molecule has 0 aromatic heterocycles. The summed E-state index contributed by atoms with van der Waals surface area (Å²) < 4.78 is 18.6. The van der Waals surface area contributed by atoms with Crippen LogP contribution in [0.15, 0.2) is 109 Å². The number of rotatable bonds is 8. The van der Waals surface area contributed by atoms with Crippen molar-refractivity contribution in [1.82, 2.24) is 0 Å². The lowest BCUT2D eigenvalue weighted by atomic mass is 10.3. The molecule has 0 aliphatic rings. The van der Waals surface area contributed by atoms with Crippen molar-refractivity contribution in [3.8, 4) is 11.5 Å². The Morgan fingerprint density at radius 2 is 0.806 bits per heavy atom. The van der Waals surface area contributed by atoms with Gasteiger partial charge in [-0.05, 0) is 22.5 Å². The molecule has 0 bridgehead atoms. The molecule has 0 fully saturated rings. The van der Waals surface area contributed by atoms with Gasteiger partial charge in [0.05, 0.1) is 14.2 Å². The molecule has 4 aromatic rings. The summed E-state index contributed by atoms with van der Waals surface area (Å²) in [6.07, 6.45) is 0. The highest BCUT2D eigenvalue weighted by Gasteiger charge is 2.31. The third-order valence-corrected chi connectivity index (χ3v) is 10.1. The molecule has 0 unspecified atom stereocenters. The summed E-state index contributed by atoms with van der Waals surface area (Å²) in [5.74, 6) is 1.71. The second-order valence-electron chi connectivity index (χ2n) is 6.89. The molecule has 0 atom stereocenters. The Morgan fingerprint density at radius 3 is 1.19 bits per heavy atom. The first-order chi connectivity index (χ1) is 15.3. The minimum absolute atomic E-state index is 0.856. The number of hydrogen-bond donors (Lipinski definition) is 0. The molecule has 0 spiro atoms. The first kappa shape index (κ1) is 21.1. The van der Waals surface area contributed by atoms with Crippen LogP contribution in [0.2, 0.25) is 0 Å². The molecular formula is C26H24O3Si2. The van der Waals surface area contributed by atoms with Gasteiger partial charge >= 0.3 is 0 Å². The Balaban J connectivity index is 1.85. The normalized spacial score (nSPS) is 11.0. The van der Waals surface area contributed by atoms with E-state index in [1.54, 1.807) is 14.2 Å². The van der Waals surface area contributed by atoms with E-state index >= 15 is 0 Å². The van der Waals surface area contributed by atoms with Gasteiger partial charge in [0.2, 0.25) is 0 Å². The zero-order valence-corrected chi connectivity index (χ0v) is 19.6. The quantitative estimate of drug-likeness (QED) is 0.394. The Morgan fingerprint density at radius 1 is 0.452 bits per heavy atom. The van der Waals surface area contributed by atoms with Crippen LogP contribution >= 0.6 is 0 Å². The first-order valence-corrected chi connectivity index (χ1v) is 12.9. The van der Waals surface area contributed by atoms with Crippen LogP contribution in [0, 0.1) is 0 Å². The van der Waals surface area contributed by atoms with E-state index in [0.717, 1.165) is 21.9 Å². The van der Waals surface area contributed by atoms with E-state index in [1.165, 1.54) is 10.4 Å². The summed E-state index contributed by atoms with van der Waals surface area (Å²) >= 11 is 0. The van der Waals surface area contributed by atoms with Crippen LogP contribution in [0.3, 0.4) is 0 Å². The molecule has 5 heteroatoms. The molecule has 0 aliphatic heterocycles. The second kappa shape index (κ2) is 10.3. The molecule has 0 N–H and O–H groups in total. The molecule has 0 saturated carbocycles. The average molecular weight is 441 g/mol. The topological polar surface area (TPSA) is 27.7 Å². The van der Waals surface area contributed by atoms with E-state index in [1.807, 2.05) is 48.5 Å². The maximum absolute atomic E-state index is 7.12. The summed E-state index contributed by atoms with van der Waals surface area (Å²) in [6.45, 7) is 0. The summed E-state index contributed by atoms with van der Waals surface area (Å²) in [4.78, 5) is 0. The minimum atomic E-state index is -1.59. The highest BCUT2D eigenvalue weighted by atomic mass is 28.4. The van der Waals surface area contributed by atoms with Crippen LogP contribution in [0.25, 0.3) is 0 Å². The van der Waals surface area contributed by atoms with Crippen molar-refractivity contribution in [2.45, 2.75) is 0 Å². The van der Waals surface area contributed by atoms with Crippen molar-refractivity contribution in [3.63, 3.8) is 0 Å². The van der Waals surface area contributed by atoms with Gasteiger partial charge in [-0.25, -0.2) is 0 Å². The number of para-hydroxylation sites is 2. The molecule has 31 heavy (non-hydrogen) atoms. The van der Waals surface area contributed by atoms with Gasteiger partial charge in [-0.3, -0.25) is 0 Å². The number of benzene rings is 4. The van der Waals surface area contributed by atoms with Crippen LogP contribution in [0.4, 0.5) is 0 Å². The van der Waals surface area contributed by atoms with E-state index in [4.69, 9.17) is 13.6 Å². The number of hydrogen-bond acceptors (Lipinski definition) is 3. The highest BCUT2D eigenvalue weighted by Crippen LogP contribution is 2.12. The van der Waals surface area contributed by atoms with Crippen molar-refractivity contribution in [3.05, 3.63) is 109 Å². The average Bonchev–Trinajstić information content (AvgIpc) is 2.86. The van der Waals surface area contributed by atoms with Gasteiger partial charge in [-0.1, -0.05) is 97.1 Å². The zero-order valence-electron chi connectivity index (χ0n) is 17.6. The van der Waals surface area contributed by atoms with E-state index in [-0.39, 0.29) is 0 Å². The van der Waals surface area contributed by atoms with Crippen LogP contribution < -0.4 is 30.2 Å². The van der Waals surface area contributed by atoms with E-state index < -0.39 is 18.1 Å². The molecule has 4 rings (SSSR count). The highest BCUT2D eigenvalue weighted by molar-refractivity contribution is 6.92. The smallest absolute Gasteiger partial charge is 0.276 e. The van der Waals surface area contributed by atoms with Gasteiger partial charge in [0.1, 0.15) is 11.5 Å². The minimum Gasteiger partial charge on any atom is -0.497 e. The van der Waals surface area contributed by atoms with Gasteiger partial charge < -0.3 is 13.6 Å². The third-order valence-electron chi connectivity index (χ3n) is 4.98. The number of ether oxygens (including phenoxy) is 2. The van der Waals surface area contributed by atoms with Crippen LogP contribution in [-0.4, -0.2) is 32.3 Å². The second-order valence-corrected chi connectivity index (χ2v) is 11.3. The lowest BCUT2D eigenvalue weighted by Crippen LogP contribution is -2.56. The van der Waals surface area contributed by atoms with Gasteiger partial charge in [0.15, 0.2) is 0 Å². The van der Waals surface area contributed by atoms with Crippen molar-refractivity contribution >= 4 is 38.8 Å². The Hall–Kier alpha value is -3.13. The summed E-state index contributed by atoms with van der Waals surface area (Å²) in [5, 5.41) is 4.58. The maximum atomic E-state index is 7.12. The molecule has 0 saturated heterocycles. The SMILES string of the molecule is COc1ccccc1[Si](O[Si](c1ccccc1)c1ccccc1OC)c1ccccc1. The molecule has 0 amide bonds. The molecule has 0 heterocycles. The molecule has 0 aliphatic carbocycles. The molecule has 3 nitrogen and oxygen atoms in total. The Kier molecular flexibility index (Phi) is 6.99. The van der Waals surface area contributed by atoms with Crippen molar-refractivity contribution in [2.75, 3.05) is 14.2 Å². The Labute approximate surface area is 187 Å². The lowest BCUT2D eigenvalue weighted by molar-refractivity contribution is 0.416. The van der Waals surface area contributed by atoms with Crippen molar-refractivity contribution in [1.29, 1.82) is 0 Å². The van der Waals surface area contributed by atoms with Gasteiger partial charge in [-0.2, -0.15) is 0 Å². The van der Waals surface area contributed by atoms with Crippen LogP contribution in [0.1, 0.15) is 0 Å². The maximum Gasteiger partial charge on any atom is 0.276 e. The number of methoxy groups -OCH3 is 2. The van der Waals surface area contributed by atoms with Crippen molar-refractivity contribution < 1.29 is 13.6 Å². The van der Waals surface area contributed by atoms with Crippen LogP contribution in [0.5, 0.6) is 11.5 Å². The Bertz CT molecular complexity index is 1010. The van der Waals surface area contributed by atoms with Crippen molar-refractivity contribution in [2.24, 2.45) is 0 Å². The van der Waals surface area contributed by atoms with E-state index in [2.05, 4.69) is 60.7 Å².